The van der Waals surface area contributed by atoms with Crippen LogP contribution in [-0.2, 0) is 19.1 Å². The van der Waals surface area contributed by atoms with Crippen molar-refractivity contribution in [2.45, 2.75) is 19.8 Å². The SMILES string of the molecule is CCOC(=O)C(C(=O)OCC)C(c1ccncc1)c1ccc(Cl)cc1. The Morgan fingerprint density at radius 2 is 1.40 bits per heavy atom. The Morgan fingerprint density at radius 1 is 0.920 bits per heavy atom. The summed E-state index contributed by atoms with van der Waals surface area (Å²) in [5.41, 5.74) is 1.53. The van der Waals surface area contributed by atoms with E-state index >= 15 is 0 Å². The normalized spacial score (nSPS) is 11.8. The molecular formula is C19H20ClNO4. The molecule has 0 saturated heterocycles. The largest absolute Gasteiger partial charge is 0.465 e. The first-order valence-corrected chi connectivity index (χ1v) is 8.44. The summed E-state index contributed by atoms with van der Waals surface area (Å²) in [4.78, 5) is 29.1. The molecule has 1 aromatic carbocycles. The van der Waals surface area contributed by atoms with E-state index in [2.05, 4.69) is 4.98 Å². The Hall–Kier alpha value is -2.40. The van der Waals surface area contributed by atoms with Gasteiger partial charge in [-0.05, 0) is 49.2 Å². The minimum Gasteiger partial charge on any atom is -0.465 e. The van der Waals surface area contributed by atoms with Crippen LogP contribution in [0.15, 0.2) is 48.8 Å². The fraction of sp³-hybridized carbons (Fsp3) is 0.316. The third-order valence-corrected chi connectivity index (χ3v) is 3.96. The Kier molecular flexibility index (Phi) is 6.95. The van der Waals surface area contributed by atoms with E-state index in [1.165, 1.54) is 0 Å². The number of hydrogen-bond acceptors (Lipinski definition) is 5. The van der Waals surface area contributed by atoms with Gasteiger partial charge in [-0.3, -0.25) is 14.6 Å². The maximum Gasteiger partial charge on any atom is 0.321 e. The Bertz CT molecular complexity index is 685. The highest BCUT2D eigenvalue weighted by Crippen LogP contribution is 2.34. The van der Waals surface area contributed by atoms with E-state index in [0.29, 0.717) is 5.02 Å². The summed E-state index contributed by atoms with van der Waals surface area (Å²) in [6, 6.07) is 10.6. The molecule has 1 heterocycles. The number of nitrogens with zero attached hydrogens (tertiary/aromatic N) is 1. The van der Waals surface area contributed by atoms with Crippen molar-refractivity contribution in [2.24, 2.45) is 5.92 Å². The van der Waals surface area contributed by atoms with Crippen LogP contribution in [-0.4, -0.2) is 30.1 Å². The number of carbonyl (C=O) groups is 2. The first-order chi connectivity index (χ1) is 12.1. The van der Waals surface area contributed by atoms with Crippen LogP contribution < -0.4 is 0 Å². The molecule has 1 unspecified atom stereocenters. The van der Waals surface area contributed by atoms with Crippen LogP contribution >= 0.6 is 11.6 Å². The van der Waals surface area contributed by atoms with Crippen LogP contribution in [0.25, 0.3) is 0 Å². The summed E-state index contributed by atoms with van der Waals surface area (Å²) in [5, 5.41) is 0.570. The fourth-order valence-corrected chi connectivity index (χ4v) is 2.78. The molecule has 25 heavy (non-hydrogen) atoms. The number of aromatic nitrogens is 1. The zero-order valence-corrected chi connectivity index (χ0v) is 14.9. The summed E-state index contributed by atoms with van der Waals surface area (Å²) in [5.74, 6) is -2.89. The minimum absolute atomic E-state index is 0.179. The average Bonchev–Trinajstić information content (AvgIpc) is 2.61. The number of halogens is 1. The Labute approximate surface area is 151 Å². The molecule has 132 valence electrons. The van der Waals surface area contributed by atoms with Crippen molar-refractivity contribution in [2.75, 3.05) is 13.2 Å². The third-order valence-electron chi connectivity index (χ3n) is 3.71. The molecule has 0 radical (unpaired) electrons. The van der Waals surface area contributed by atoms with Gasteiger partial charge in [-0.25, -0.2) is 0 Å². The molecule has 0 saturated carbocycles. The molecule has 0 fully saturated rings. The molecular weight excluding hydrogens is 342 g/mol. The molecule has 1 atom stereocenters. The lowest BCUT2D eigenvalue weighted by molar-refractivity contribution is -0.162. The highest BCUT2D eigenvalue weighted by atomic mass is 35.5. The standard InChI is InChI=1S/C19H20ClNO4/c1-3-24-18(22)17(19(23)25-4-2)16(14-9-11-21-12-10-14)13-5-7-15(20)8-6-13/h5-12,16-17H,3-4H2,1-2H3. The monoisotopic (exact) mass is 361 g/mol. The predicted molar refractivity (Wildman–Crippen MR) is 94.3 cm³/mol. The van der Waals surface area contributed by atoms with Crippen LogP contribution in [0, 0.1) is 5.92 Å². The second-order valence-electron chi connectivity index (χ2n) is 5.29. The van der Waals surface area contributed by atoms with Gasteiger partial charge in [0.15, 0.2) is 5.92 Å². The molecule has 0 amide bonds. The number of carbonyl (C=O) groups excluding carboxylic acids is 2. The van der Waals surface area contributed by atoms with Gasteiger partial charge in [0.05, 0.1) is 13.2 Å². The molecule has 2 rings (SSSR count). The van der Waals surface area contributed by atoms with Crippen molar-refractivity contribution < 1.29 is 19.1 Å². The summed E-state index contributed by atoms with van der Waals surface area (Å²) in [6.45, 7) is 3.75. The van der Waals surface area contributed by atoms with Gasteiger partial charge in [0, 0.05) is 23.3 Å². The number of ether oxygens (including phenoxy) is 2. The van der Waals surface area contributed by atoms with Crippen molar-refractivity contribution in [3.05, 3.63) is 64.9 Å². The molecule has 2 aromatic rings. The second kappa shape index (κ2) is 9.18. The van der Waals surface area contributed by atoms with E-state index in [1.54, 1.807) is 62.6 Å². The van der Waals surface area contributed by atoms with E-state index in [0.717, 1.165) is 11.1 Å². The van der Waals surface area contributed by atoms with Crippen molar-refractivity contribution in [3.8, 4) is 0 Å². The smallest absolute Gasteiger partial charge is 0.321 e. The number of hydrogen-bond donors (Lipinski definition) is 0. The van der Waals surface area contributed by atoms with Gasteiger partial charge in [-0.15, -0.1) is 0 Å². The minimum atomic E-state index is -1.11. The topological polar surface area (TPSA) is 65.5 Å². The quantitative estimate of drug-likeness (QED) is 0.556. The van der Waals surface area contributed by atoms with Gasteiger partial charge < -0.3 is 9.47 Å². The highest BCUT2D eigenvalue weighted by Gasteiger charge is 2.39. The van der Waals surface area contributed by atoms with Crippen molar-refractivity contribution in [1.82, 2.24) is 4.98 Å². The molecule has 0 aliphatic carbocycles. The lowest BCUT2D eigenvalue weighted by atomic mass is 9.81. The first kappa shape index (κ1) is 18.9. The van der Waals surface area contributed by atoms with Crippen LogP contribution in [0.5, 0.6) is 0 Å². The number of rotatable bonds is 7. The zero-order valence-electron chi connectivity index (χ0n) is 14.1. The maximum atomic E-state index is 12.5. The van der Waals surface area contributed by atoms with Crippen LogP contribution in [0.1, 0.15) is 30.9 Å². The molecule has 0 spiro atoms. The lowest BCUT2D eigenvalue weighted by Gasteiger charge is -2.25. The Morgan fingerprint density at radius 3 is 1.88 bits per heavy atom. The zero-order chi connectivity index (χ0) is 18.2. The van der Waals surface area contributed by atoms with E-state index in [-0.39, 0.29) is 13.2 Å². The molecule has 0 bridgehead atoms. The van der Waals surface area contributed by atoms with Crippen LogP contribution in [0.2, 0.25) is 5.02 Å². The van der Waals surface area contributed by atoms with Gasteiger partial charge >= 0.3 is 11.9 Å². The molecule has 5 nitrogen and oxygen atoms in total. The summed E-state index contributed by atoms with van der Waals surface area (Å²) in [7, 11) is 0. The highest BCUT2D eigenvalue weighted by molar-refractivity contribution is 6.30. The van der Waals surface area contributed by atoms with Gasteiger partial charge in [0.1, 0.15) is 0 Å². The molecule has 0 N–H and O–H groups in total. The fourth-order valence-electron chi connectivity index (χ4n) is 2.65. The number of benzene rings is 1. The number of pyridine rings is 1. The summed E-state index contributed by atoms with van der Waals surface area (Å²) >= 11 is 5.97. The van der Waals surface area contributed by atoms with Gasteiger partial charge in [0.2, 0.25) is 0 Å². The van der Waals surface area contributed by atoms with E-state index in [9.17, 15) is 9.59 Å². The maximum absolute atomic E-state index is 12.5. The van der Waals surface area contributed by atoms with Crippen molar-refractivity contribution in [3.63, 3.8) is 0 Å². The summed E-state index contributed by atoms with van der Waals surface area (Å²) in [6.07, 6.45) is 3.23. The predicted octanol–water partition coefficient (Wildman–Crippen LogP) is 3.61. The lowest BCUT2D eigenvalue weighted by Crippen LogP contribution is -2.34. The van der Waals surface area contributed by atoms with E-state index < -0.39 is 23.8 Å². The van der Waals surface area contributed by atoms with Crippen LogP contribution in [0.4, 0.5) is 0 Å². The molecule has 0 aliphatic heterocycles. The van der Waals surface area contributed by atoms with Gasteiger partial charge in [0.25, 0.3) is 0 Å². The third kappa shape index (κ3) is 4.79. The average molecular weight is 362 g/mol. The molecule has 1 aromatic heterocycles. The Balaban J connectivity index is 2.54. The molecule has 0 aliphatic rings. The van der Waals surface area contributed by atoms with E-state index in [4.69, 9.17) is 21.1 Å². The molecule has 6 heteroatoms. The van der Waals surface area contributed by atoms with Crippen LogP contribution in [0.3, 0.4) is 0 Å². The summed E-state index contributed by atoms with van der Waals surface area (Å²) < 4.78 is 10.3. The van der Waals surface area contributed by atoms with Crippen molar-refractivity contribution in [1.29, 1.82) is 0 Å². The van der Waals surface area contributed by atoms with Gasteiger partial charge in [-0.2, -0.15) is 0 Å². The van der Waals surface area contributed by atoms with Gasteiger partial charge in [-0.1, -0.05) is 23.7 Å². The van der Waals surface area contributed by atoms with Crippen molar-refractivity contribution >= 4 is 23.5 Å². The first-order valence-electron chi connectivity index (χ1n) is 8.07. The number of esters is 2. The second-order valence-corrected chi connectivity index (χ2v) is 5.73. The van der Waals surface area contributed by atoms with E-state index in [1.807, 2.05) is 0 Å².